The lowest BCUT2D eigenvalue weighted by Crippen LogP contribution is -2.50. The molecule has 0 bridgehead atoms. The third-order valence-electron chi connectivity index (χ3n) is 4.14. The summed E-state index contributed by atoms with van der Waals surface area (Å²) < 4.78 is 1.89. The monoisotopic (exact) mass is 264 g/mol. The van der Waals surface area contributed by atoms with Gasteiger partial charge in [-0.3, -0.25) is 9.58 Å². The molecule has 0 saturated heterocycles. The minimum atomic E-state index is 0.662. The van der Waals surface area contributed by atoms with Crippen molar-refractivity contribution in [3.63, 3.8) is 0 Å². The lowest BCUT2D eigenvalue weighted by atomic mass is 9.89. The molecule has 0 spiro atoms. The summed E-state index contributed by atoms with van der Waals surface area (Å²) in [6.07, 6.45) is 10.7. The van der Waals surface area contributed by atoms with Crippen LogP contribution >= 0.6 is 0 Å². The molecule has 1 saturated carbocycles. The Bertz CT molecular complexity index is 374. The molecule has 1 aliphatic rings. The maximum Gasteiger partial charge on any atom is 0.0534 e. The zero-order valence-electron chi connectivity index (χ0n) is 12.6. The molecule has 0 aliphatic heterocycles. The smallest absolute Gasteiger partial charge is 0.0534 e. The van der Waals surface area contributed by atoms with E-state index in [-0.39, 0.29) is 0 Å². The zero-order chi connectivity index (χ0) is 13.7. The Morgan fingerprint density at radius 2 is 2.21 bits per heavy atom. The predicted molar refractivity (Wildman–Crippen MR) is 79.0 cm³/mol. The van der Waals surface area contributed by atoms with Crippen LogP contribution in [0.1, 0.15) is 44.6 Å². The number of hydrogen-bond donors (Lipinski definition) is 1. The maximum absolute atomic E-state index is 4.26. The number of aryl methyl sites for hydroxylation is 1. The van der Waals surface area contributed by atoms with E-state index in [0.29, 0.717) is 12.1 Å². The van der Waals surface area contributed by atoms with Crippen LogP contribution in [0.3, 0.4) is 0 Å². The number of aromatic nitrogens is 2. The van der Waals surface area contributed by atoms with Crippen molar-refractivity contribution in [2.45, 2.75) is 57.7 Å². The molecule has 1 aromatic rings. The van der Waals surface area contributed by atoms with Gasteiger partial charge in [0.2, 0.25) is 0 Å². The van der Waals surface area contributed by atoms with E-state index < -0.39 is 0 Å². The van der Waals surface area contributed by atoms with Crippen LogP contribution in [-0.2, 0) is 13.6 Å². The van der Waals surface area contributed by atoms with Crippen LogP contribution in [0.25, 0.3) is 0 Å². The summed E-state index contributed by atoms with van der Waals surface area (Å²) in [5.74, 6) is 0. The van der Waals surface area contributed by atoms with E-state index >= 15 is 0 Å². The summed E-state index contributed by atoms with van der Waals surface area (Å²) in [6, 6.07) is 1.33. The van der Waals surface area contributed by atoms with Crippen molar-refractivity contribution in [3.8, 4) is 0 Å². The summed E-state index contributed by atoms with van der Waals surface area (Å²) in [5.41, 5.74) is 1.31. The lowest BCUT2D eigenvalue weighted by Gasteiger charge is -2.38. The second kappa shape index (κ2) is 7.06. The molecule has 1 aliphatic carbocycles. The SMILES string of the molecule is CCCNC1CCCCC1N(C)Cc1cnn(C)c1. The van der Waals surface area contributed by atoms with Gasteiger partial charge in [0.25, 0.3) is 0 Å². The molecular formula is C15H28N4. The average Bonchev–Trinajstić information content (AvgIpc) is 2.82. The highest BCUT2D eigenvalue weighted by atomic mass is 15.2. The van der Waals surface area contributed by atoms with Crippen LogP contribution in [-0.4, -0.2) is 40.4 Å². The minimum Gasteiger partial charge on any atom is -0.312 e. The lowest BCUT2D eigenvalue weighted by molar-refractivity contribution is 0.143. The number of rotatable bonds is 6. The number of hydrogen-bond acceptors (Lipinski definition) is 3. The molecule has 2 atom stereocenters. The molecule has 2 rings (SSSR count). The van der Waals surface area contributed by atoms with Gasteiger partial charge in [-0.2, -0.15) is 5.10 Å². The molecule has 108 valence electrons. The van der Waals surface area contributed by atoms with Gasteiger partial charge in [0.05, 0.1) is 6.20 Å². The molecule has 2 unspecified atom stereocenters. The van der Waals surface area contributed by atoms with Gasteiger partial charge in [-0.25, -0.2) is 0 Å². The summed E-state index contributed by atoms with van der Waals surface area (Å²) in [6.45, 7) is 4.38. The summed E-state index contributed by atoms with van der Waals surface area (Å²) >= 11 is 0. The van der Waals surface area contributed by atoms with Crippen molar-refractivity contribution in [2.24, 2.45) is 7.05 Å². The number of nitrogens with one attached hydrogen (secondary N) is 1. The molecule has 0 amide bonds. The van der Waals surface area contributed by atoms with Gasteiger partial charge in [-0.05, 0) is 32.9 Å². The van der Waals surface area contributed by atoms with Crippen LogP contribution in [0.2, 0.25) is 0 Å². The van der Waals surface area contributed by atoms with E-state index in [2.05, 4.69) is 35.5 Å². The van der Waals surface area contributed by atoms with E-state index in [9.17, 15) is 0 Å². The largest absolute Gasteiger partial charge is 0.312 e. The first kappa shape index (κ1) is 14.5. The molecule has 19 heavy (non-hydrogen) atoms. The fourth-order valence-electron chi connectivity index (χ4n) is 3.17. The zero-order valence-corrected chi connectivity index (χ0v) is 12.6. The summed E-state index contributed by atoms with van der Waals surface area (Å²) in [4.78, 5) is 2.50. The fourth-order valence-corrected chi connectivity index (χ4v) is 3.17. The highest BCUT2D eigenvalue weighted by Gasteiger charge is 2.27. The van der Waals surface area contributed by atoms with Gasteiger partial charge < -0.3 is 5.32 Å². The van der Waals surface area contributed by atoms with Crippen LogP contribution in [0.4, 0.5) is 0 Å². The van der Waals surface area contributed by atoms with Gasteiger partial charge in [0, 0.05) is 37.4 Å². The fraction of sp³-hybridized carbons (Fsp3) is 0.800. The molecule has 1 N–H and O–H groups in total. The average molecular weight is 264 g/mol. The Morgan fingerprint density at radius 3 is 2.89 bits per heavy atom. The van der Waals surface area contributed by atoms with Crippen molar-refractivity contribution in [1.82, 2.24) is 20.0 Å². The predicted octanol–water partition coefficient (Wildman–Crippen LogP) is 2.16. The third-order valence-corrected chi connectivity index (χ3v) is 4.14. The Hall–Kier alpha value is -0.870. The first-order valence-electron chi connectivity index (χ1n) is 7.62. The van der Waals surface area contributed by atoms with Crippen LogP contribution in [0.15, 0.2) is 12.4 Å². The molecular weight excluding hydrogens is 236 g/mol. The Labute approximate surface area is 117 Å². The highest BCUT2D eigenvalue weighted by molar-refractivity contribution is 5.04. The third kappa shape index (κ3) is 4.05. The molecule has 1 aromatic heterocycles. The topological polar surface area (TPSA) is 33.1 Å². The van der Waals surface area contributed by atoms with Crippen molar-refractivity contribution in [2.75, 3.05) is 13.6 Å². The van der Waals surface area contributed by atoms with Gasteiger partial charge in [-0.15, -0.1) is 0 Å². The second-order valence-corrected chi connectivity index (χ2v) is 5.85. The normalized spacial score (nSPS) is 24.0. The summed E-state index contributed by atoms with van der Waals surface area (Å²) in [7, 11) is 4.24. The maximum atomic E-state index is 4.26. The second-order valence-electron chi connectivity index (χ2n) is 5.85. The van der Waals surface area contributed by atoms with Crippen molar-refractivity contribution >= 4 is 0 Å². The quantitative estimate of drug-likeness (QED) is 0.855. The van der Waals surface area contributed by atoms with E-state index in [1.54, 1.807) is 0 Å². The molecule has 0 aromatic carbocycles. The number of nitrogens with zero attached hydrogens (tertiary/aromatic N) is 3. The Balaban J connectivity index is 1.92. The van der Waals surface area contributed by atoms with Crippen molar-refractivity contribution in [1.29, 1.82) is 0 Å². The van der Waals surface area contributed by atoms with E-state index in [1.165, 1.54) is 37.7 Å². The van der Waals surface area contributed by atoms with Gasteiger partial charge in [0.15, 0.2) is 0 Å². The number of likely N-dealkylation sites (N-methyl/N-ethyl adjacent to an activating group) is 1. The van der Waals surface area contributed by atoms with Crippen LogP contribution in [0, 0.1) is 0 Å². The Kier molecular flexibility index (Phi) is 5.40. The van der Waals surface area contributed by atoms with Gasteiger partial charge in [-0.1, -0.05) is 19.8 Å². The van der Waals surface area contributed by atoms with Gasteiger partial charge in [0.1, 0.15) is 0 Å². The van der Waals surface area contributed by atoms with E-state index in [0.717, 1.165) is 13.1 Å². The molecule has 1 fully saturated rings. The van der Waals surface area contributed by atoms with E-state index in [4.69, 9.17) is 0 Å². The molecule has 1 heterocycles. The van der Waals surface area contributed by atoms with Gasteiger partial charge >= 0.3 is 0 Å². The molecule has 4 nitrogen and oxygen atoms in total. The standard InChI is InChI=1S/C15H28N4/c1-4-9-16-14-7-5-6-8-15(14)18(2)11-13-10-17-19(3)12-13/h10,12,14-16H,4-9,11H2,1-3H3. The summed E-state index contributed by atoms with van der Waals surface area (Å²) in [5, 5.41) is 7.99. The van der Waals surface area contributed by atoms with Crippen LogP contribution in [0.5, 0.6) is 0 Å². The molecule has 0 radical (unpaired) electrons. The van der Waals surface area contributed by atoms with E-state index in [1.807, 2.05) is 17.9 Å². The first-order chi connectivity index (χ1) is 9.20. The first-order valence-corrected chi connectivity index (χ1v) is 7.62. The van der Waals surface area contributed by atoms with Crippen molar-refractivity contribution < 1.29 is 0 Å². The van der Waals surface area contributed by atoms with Crippen LogP contribution < -0.4 is 5.32 Å². The minimum absolute atomic E-state index is 0.662. The Morgan fingerprint density at radius 1 is 1.42 bits per heavy atom. The molecule has 4 heteroatoms. The van der Waals surface area contributed by atoms with Crippen molar-refractivity contribution in [3.05, 3.63) is 18.0 Å². The highest BCUT2D eigenvalue weighted by Crippen LogP contribution is 2.23.